The third-order valence-corrected chi connectivity index (χ3v) is 6.22. The molecule has 2 aromatic carbocycles. The summed E-state index contributed by atoms with van der Waals surface area (Å²) in [4.78, 5) is 18.5. The number of hydrogen-bond acceptors (Lipinski definition) is 3. The van der Waals surface area contributed by atoms with Crippen molar-refractivity contribution in [2.45, 2.75) is 20.4 Å². The Hall–Kier alpha value is -2.14. The van der Waals surface area contributed by atoms with Gasteiger partial charge in [-0.25, -0.2) is 4.98 Å². The van der Waals surface area contributed by atoms with Crippen molar-refractivity contribution in [1.82, 2.24) is 9.55 Å². The molecule has 0 aliphatic rings. The van der Waals surface area contributed by atoms with Gasteiger partial charge in [-0.1, -0.05) is 53.0 Å². The van der Waals surface area contributed by atoms with Gasteiger partial charge in [-0.15, -0.1) is 11.3 Å². The second kappa shape index (κ2) is 7.12. The lowest BCUT2D eigenvalue weighted by Crippen LogP contribution is -2.21. The Morgan fingerprint density at radius 3 is 2.52 bits per heavy atom. The number of hydrogen-bond donors (Lipinski definition) is 0. The maximum absolute atomic E-state index is 13.2. The Morgan fingerprint density at radius 1 is 1.07 bits per heavy atom. The van der Waals surface area contributed by atoms with E-state index >= 15 is 0 Å². The van der Waals surface area contributed by atoms with E-state index in [1.807, 2.05) is 5.38 Å². The van der Waals surface area contributed by atoms with Crippen LogP contribution in [0.25, 0.3) is 21.3 Å². The van der Waals surface area contributed by atoms with E-state index in [1.54, 1.807) is 29.1 Å². The molecule has 4 aromatic rings. The summed E-state index contributed by atoms with van der Waals surface area (Å²) in [5.41, 5.74) is 4.93. The van der Waals surface area contributed by atoms with Crippen molar-refractivity contribution in [3.05, 3.63) is 85.2 Å². The zero-order valence-corrected chi connectivity index (χ0v) is 17.1. The van der Waals surface area contributed by atoms with Gasteiger partial charge in [0.2, 0.25) is 0 Å². The summed E-state index contributed by atoms with van der Waals surface area (Å²) < 4.78 is 1.56. The summed E-state index contributed by atoms with van der Waals surface area (Å²) in [5, 5.41) is 3.71. The molecule has 0 bridgehead atoms. The lowest BCUT2D eigenvalue weighted by atomic mass is 9.99. The fourth-order valence-corrected chi connectivity index (χ4v) is 4.66. The summed E-state index contributed by atoms with van der Waals surface area (Å²) in [6.07, 6.45) is 1.56. The van der Waals surface area contributed by atoms with Gasteiger partial charge in [-0.3, -0.25) is 9.36 Å². The van der Waals surface area contributed by atoms with Gasteiger partial charge in [0, 0.05) is 26.6 Å². The molecule has 0 unspecified atom stereocenters. The first kappa shape index (κ1) is 18.2. The second-order valence-electron chi connectivity index (χ2n) is 6.53. The van der Waals surface area contributed by atoms with Crippen LogP contribution in [0.15, 0.2) is 52.9 Å². The first-order valence-corrected chi connectivity index (χ1v) is 10.1. The van der Waals surface area contributed by atoms with Gasteiger partial charge < -0.3 is 0 Å². The Labute approximate surface area is 170 Å². The Kier molecular flexibility index (Phi) is 4.81. The SMILES string of the molecule is Cc1ccc(-c2csc3ncn(Cc4c(Cl)cccc4Cl)c(=O)c23)c(C)c1. The molecule has 0 saturated carbocycles. The minimum Gasteiger partial charge on any atom is -0.294 e. The predicted octanol–water partition coefficient (Wildman–Crippen LogP) is 6.10. The molecule has 0 atom stereocenters. The van der Waals surface area contributed by atoms with Crippen LogP contribution in [0.4, 0.5) is 0 Å². The average Bonchev–Trinajstić information content (AvgIpc) is 3.05. The van der Waals surface area contributed by atoms with Gasteiger partial charge in [0.1, 0.15) is 4.83 Å². The van der Waals surface area contributed by atoms with Gasteiger partial charge in [0.15, 0.2) is 0 Å². The molecule has 27 heavy (non-hydrogen) atoms. The standard InChI is InChI=1S/C21H16Cl2N2OS/c1-12-6-7-14(13(2)8-12)16-10-27-20-19(16)21(26)25(11-24-20)9-15-17(22)4-3-5-18(15)23/h3-8,10-11H,9H2,1-2H3. The molecule has 4 rings (SSSR count). The van der Waals surface area contributed by atoms with Crippen molar-refractivity contribution in [2.24, 2.45) is 0 Å². The van der Waals surface area contributed by atoms with Crippen LogP contribution in [0.2, 0.25) is 10.0 Å². The van der Waals surface area contributed by atoms with Crippen molar-refractivity contribution >= 4 is 44.8 Å². The van der Waals surface area contributed by atoms with Gasteiger partial charge in [0.05, 0.1) is 18.3 Å². The van der Waals surface area contributed by atoms with Crippen molar-refractivity contribution in [3.8, 4) is 11.1 Å². The molecule has 2 heterocycles. The number of fused-ring (bicyclic) bond motifs is 1. The highest BCUT2D eigenvalue weighted by Crippen LogP contribution is 2.33. The number of rotatable bonds is 3. The van der Waals surface area contributed by atoms with Crippen LogP contribution in [-0.2, 0) is 6.54 Å². The molecular weight excluding hydrogens is 399 g/mol. The summed E-state index contributed by atoms with van der Waals surface area (Å²) in [7, 11) is 0. The number of aromatic nitrogens is 2. The van der Waals surface area contributed by atoms with Crippen LogP contribution in [-0.4, -0.2) is 9.55 Å². The minimum absolute atomic E-state index is 0.0905. The number of aryl methyl sites for hydroxylation is 2. The van der Waals surface area contributed by atoms with E-state index in [-0.39, 0.29) is 12.1 Å². The molecule has 0 saturated heterocycles. The second-order valence-corrected chi connectivity index (χ2v) is 8.20. The fourth-order valence-electron chi connectivity index (χ4n) is 3.25. The third kappa shape index (κ3) is 3.29. The van der Waals surface area contributed by atoms with E-state index in [1.165, 1.54) is 16.9 Å². The molecule has 0 radical (unpaired) electrons. The number of halogens is 2. The van der Waals surface area contributed by atoms with E-state index in [9.17, 15) is 4.79 Å². The predicted molar refractivity (Wildman–Crippen MR) is 114 cm³/mol. The van der Waals surface area contributed by atoms with Crippen LogP contribution >= 0.6 is 34.5 Å². The first-order valence-electron chi connectivity index (χ1n) is 8.43. The third-order valence-electron chi connectivity index (χ3n) is 4.62. The largest absolute Gasteiger partial charge is 0.294 e. The quantitative estimate of drug-likeness (QED) is 0.405. The van der Waals surface area contributed by atoms with E-state index < -0.39 is 0 Å². The smallest absolute Gasteiger partial charge is 0.263 e. The highest BCUT2D eigenvalue weighted by Gasteiger charge is 2.16. The van der Waals surface area contributed by atoms with Crippen molar-refractivity contribution < 1.29 is 0 Å². The lowest BCUT2D eigenvalue weighted by molar-refractivity contribution is 0.750. The van der Waals surface area contributed by atoms with E-state index in [4.69, 9.17) is 23.2 Å². The average molecular weight is 415 g/mol. The summed E-state index contributed by atoms with van der Waals surface area (Å²) in [5.74, 6) is 0. The Morgan fingerprint density at radius 2 is 1.81 bits per heavy atom. The molecule has 0 N–H and O–H groups in total. The van der Waals surface area contributed by atoms with Gasteiger partial charge in [-0.05, 0) is 37.1 Å². The molecule has 136 valence electrons. The van der Waals surface area contributed by atoms with Crippen LogP contribution < -0.4 is 5.56 Å². The monoisotopic (exact) mass is 414 g/mol. The van der Waals surface area contributed by atoms with E-state index in [2.05, 4.69) is 37.0 Å². The number of thiophene rings is 1. The first-order chi connectivity index (χ1) is 13.0. The van der Waals surface area contributed by atoms with Crippen LogP contribution in [0.5, 0.6) is 0 Å². The van der Waals surface area contributed by atoms with Crippen LogP contribution in [0.1, 0.15) is 16.7 Å². The summed E-state index contributed by atoms with van der Waals surface area (Å²) in [6.45, 7) is 4.40. The maximum Gasteiger partial charge on any atom is 0.263 e. The molecule has 3 nitrogen and oxygen atoms in total. The molecule has 0 aliphatic heterocycles. The van der Waals surface area contributed by atoms with Gasteiger partial charge >= 0.3 is 0 Å². The summed E-state index contributed by atoms with van der Waals surface area (Å²) >= 11 is 14.0. The van der Waals surface area contributed by atoms with E-state index in [0.29, 0.717) is 21.0 Å². The highest BCUT2D eigenvalue weighted by molar-refractivity contribution is 7.17. The maximum atomic E-state index is 13.2. The van der Waals surface area contributed by atoms with Gasteiger partial charge in [-0.2, -0.15) is 0 Å². The van der Waals surface area contributed by atoms with Crippen molar-refractivity contribution in [2.75, 3.05) is 0 Å². The number of benzene rings is 2. The zero-order valence-electron chi connectivity index (χ0n) is 14.8. The molecule has 0 amide bonds. The van der Waals surface area contributed by atoms with Crippen LogP contribution in [0, 0.1) is 13.8 Å². The number of nitrogens with zero attached hydrogens (tertiary/aromatic N) is 2. The zero-order chi connectivity index (χ0) is 19.1. The highest BCUT2D eigenvalue weighted by atomic mass is 35.5. The van der Waals surface area contributed by atoms with Crippen LogP contribution in [0.3, 0.4) is 0 Å². The Bertz CT molecular complexity index is 1210. The van der Waals surface area contributed by atoms with E-state index in [0.717, 1.165) is 21.5 Å². The fraction of sp³-hybridized carbons (Fsp3) is 0.143. The minimum atomic E-state index is -0.0905. The summed E-state index contributed by atoms with van der Waals surface area (Å²) in [6, 6.07) is 11.6. The van der Waals surface area contributed by atoms with Crippen molar-refractivity contribution in [3.63, 3.8) is 0 Å². The molecule has 6 heteroatoms. The van der Waals surface area contributed by atoms with Crippen molar-refractivity contribution in [1.29, 1.82) is 0 Å². The molecule has 0 spiro atoms. The van der Waals surface area contributed by atoms with Gasteiger partial charge in [0.25, 0.3) is 5.56 Å². The lowest BCUT2D eigenvalue weighted by Gasteiger charge is -2.10. The normalized spacial score (nSPS) is 11.3. The molecular formula is C21H16Cl2N2OS. The molecule has 0 aliphatic carbocycles. The molecule has 2 aromatic heterocycles. The molecule has 0 fully saturated rings. The Balaban J connectivity index is 1.88. The topological polar surface area (TPSA) is 34.9 Å².